The first-order valence-electron chi connectivity index (χ1n) is 0. The number of halogens is 7. The van der Waals surface area contributed by atoms with E-state index in [-0.39, 0.29) is 84.3 Å². The maximum Gasteiger partial charge on any atom is 0 e. The number of rotatable bonds is 0. The van der Waals surface area contributed by atoms with Crippen LogP contribution in [-0.2, 0) is 0 Å². The van der Waals surface area contributed by atoms with Gasteiger partial charge in [0.1, 0.15) is 0 Å². The van der Waals surface area contributed by atoms with Crippen molar-refractivity contribution in [2.45, 2.75) is 0 Å². The van der Waals surface area contributed by atoms with Crippen LogP contribution in [0.25, 0.3) is 0 Å². The summed E-state index contributed by atoms with van der Waals surface area (Å²) in [5, 5.41) is 0. The predicted molar refractivity (Wildman–Crippen MR) is 23.3 cm³/mol. The molecule has 0 aromatic rings. The fourth-order valence-corrected chi connectivity index (χ4v) is 0. The molecule has 0 amide bonds. The second-order valence-electron chi connectivity index (χ2n) is 0. The first kappa shape index (κ1) is 462. The molecule has 0 aliphatic heterocycles. The van der Waals surface area contributed by atoms with Gasteiger partial charge in [-0.2, -0.15) is 0 Å². The Morgan fingerprint density at radius 3 is 0.250 bits per heavy atom. The van der Waals surface area contributed by atoms with Crippen LogP contribution in [0.15, 0.2) is 0 Å². The van der Waals surface area contributed by atoms with Crippen LogP contribution in [0.5, 0.6) is 0 Å². The van der Waals surface area contributed by atoms with E-state index in [1.165, 1.54) is 0 Å². The Labute approximate surface area is 83.4 Å². The van der Waals surface area contributed by atoms with E-state index in [4.69, 9.17) is 0 Å². The predicted octanol–water partition coefficient (Wildman–Crippen LogP) is 0.687. The van der Waals surface area contributed by atoms with Crippen molar-refractivity contribution in [3.05, 3.63) is 0 Å². The van der Waals surface area contributed by atoms with Crippen LogP contribution >= 0.6 is 0 Å². The Morgan fingerprint density at radius 1 is 0.250 bits per heavy atom. The summed E-state index contributed by atoms with van der Waals surface area (Å²) in [6.07, 6.45) is 0. The standard InChI is InChI=1S/7FH.K/h7*1H;. The van der Waals surface area contributed by atoms with Crippen molar-refractivity contribution in [3.63, 3.8) is 0 Å². The first-order chi connectivity index (χ1) is 0. The summed E-state index contributed by atoms with van der Waals surface area (Å²) in [6.45, 7) is 0. The van der Waals surface area contributed by atoms with E-state index >= 15 is 0 Å². The average Bonchev–Trinajstić information content (AvgIpc) is 0. The zero-order valence-corrected chi connectivity index (χ0v) is 6.98. The van der Waals surface area contributed by atoms with Crippen molar-refractivity contribution < 1.29 is 32.9 Å². The van der Waals surface area contributed by atoms with Crippen molar-refractivity contribution in [2.24, 2.45) is 0 Å². The quantitative estimate of drug-likeness (QED) is 0.379. The minimum atomic E-state index is 0. The smallest absolute Gasteiger partial charge is 0 e. The maximum absolute atomic E-state index is 0. The van der Waals surface area contributed by atoms with Crippen LogP contribution in [0.2, 0.25) is 0 Å². The van der Waals surface area contributed by atoms with Gasteiger partial charge in [-0.15, -0.1) is 0 Å². The van der Waals surface area contributed by atoms with Gasteiger partial charge in [0, 0.05) is 51.4 Å². The zero-order valence-electron chi connectivity index (χ0n) is 3.86. The minimum absolute atomic E-state index is 0. The topological polar surface area (TPSA) is 0 Å². The third kappa shape index (κ3) is 205. The Kier molecular flexibility index (Phi) is 18300. The summed E-state index contributed by atoms with van der Waals surface area (Å²) in [6, 6.07) is 0. The SMILES string of the molecule is F.F.F.F.F.F.F.[K]. The third-order valence-electron chi connectivity index (χ3n) is 0. The van der Waals surface area contributed by atoms with Crippen LogP contribution in [0.4, 0.5) is 32.9 Å². The molecule has 0 rings (SSSR count). The average molecular weight is 179 g/mol. The summed E-state index contributed by atoms with van der Waals surface area (Å²) in [5.41, 5.74) is 0. The molecule has 0 spiro atoms. The summed E-state index contributed by atoms with van der Waals surface area (Å²) in [4.78, 5) is 0. The molecule has 8 heteroatoms. The molecule has 0 bridgehead atoms. The fourth-order valence-electron chi connectivity index (χ4n) is 0. The largest absolute Gasteiger partial charge is 0.269 e. The fraction of sp³-hybridized carbons (Fsp3) is 0. The molecule has 0 saturated heterocycles. The number of hydrogen-bond donors (Lipinski definition) is 0. The van der Waals surface area contributed by atoms with E-state index in [1.54, 1.807) is 0 Å². The van der Waals surface area contributed by atoms with Crippen LogP contribution < -0.4 is 0 Å². The molecule has 0 unspecified atom stereocenters. The molecule has 0 aromatic heterocycles. The van der Waals surface area contributed by atoms with E-state index < -0.39 is 0 Å². The van der Waals surface area contributed by atoms with Crippen molar-refractivity contribution in [2.75, 3.05) is 0 Å². The molecule has 0 nitrogen and oxygen atoms in total. The summed E-state index contributed by atoms with van der Waals surface area (Å²) in [7, 11) is 0. The molecule has 0 saturated carbocycles. The van der Waals surface area contributed by atoms with E-state index in [9.17, 15) is 0 Å². The Hall–Kier alpha value is 1.15. The summed E-state index contributed by atoms with van der Waals surface area (Å²) in [5.74, 6) is 0. The molecule has 0 atom stereocenters. The van der Waals surface area contributed by atoms with Gasteiger partial charge in [0.05, 0.1) is 0 Å². The molecule has 0 aliphatic rings. The summed E-state index contributed by atoms with van der Waals surface area (Å²) < 4.78 is 0. The molecule has 0 heterocycles. The normalized spacial score (nSPS) is 0. The van der Waals surface area contributed by atoms with Gasteiger partial charge >= 0.3 is 0 Å². The van der Waals surface area contributed by atoms with Crippen LogP contribution in [0, 0.1) is 0 Å². The van der Waals surface area contributed by atoms with Gasteiger partial charge in [-0.1, -0.05) is 0 Å². The molecular weight excluding hydrogens is 172 g/mol. The monoisotopic (exact) mass is 179 g/mol. The second kappa shape index (κ2) is 317. The van der Waals surface area contributed by atoms with Crippen molar-refractivity contribution in [3.8, 4) is 0 Å². The Morgan fingerprint density at radius 2 is 0.250 bits per heavy atom. The molecular formula is H7F7K. The van der Waals surface area contributed by atoms with Gasteiger partial charge in [-0.25, -0.2) is 0 Å². The second-order valence-corrected chi connectivity index (χ2v) is 0. The van der Waals surface area contributed by atoms with E-state index in [0.717, 1.165) is 0 Å². The maximum atomic E-state index is 0. The molecule has 0 N–H and O–H groups in total. The van der Waals surface area contributed by atoms with Gasteiger partial charge in [-0.05, 0) is 0 Å². The number of hydrogen-bond acceptors (Lipinski definition) is 0. The van der Waals surface area contributed by atoms with Crippen LogP contribution in [0.1, 0.15) is 0 Å². The molecule has 8 heavy (non-hydrogen) atoms. The van der Waals surface area contributed by atoms with Crippen molar-refractivity contribution in [1.29, 1.82) is 0 Å². The molecule has 1 radical (unpaired) electrons. The molecule has 0 aliphatic carbocycles. The molecule has 57 valence electrons. The third-order valence-corrected chi connectivity index (χ3v) is 0. The van der Waals surface area contributed by atoms with Gasteiger partial charge in [0.2, 0.25) is 0 Å². The molecule has 0 aromatic carbocycles. The molecule has 0 fully saturated rings. The Balaban J connectivity index is 0. The van der Waals surface area contributed by atoms with Gasteiger partial charge in [-0.3, -0.25) is 32.9 Å². The minimum Gasteiger partial charge on any atom is -0.269 e. The van der Waals surface area contributed by atoms with Crippen molar-refractivity contribution >= 4 is 51.4 Å². The van der Waals surface area contributed by atoms with E-state index in [1.807, 2.05) is 0 Å². The first-order valence-corrected chi connectivity index (χ1v) is 0. The zero-order chi connectivity index (χ0) is 0. The summed E-state index contributed by atoms with van der Waals surface area (Å²) >= 11 is 0. The van der Waals surface area contributed by atoms with Crippen molar-refractivity contribution in [1.82, 2.24) is 0 Å². The van der Waals surface area contributed by atoms with Crippen LogP contribution in [-0.4, -0.2) is 51.4 Å². The van der Waals surface area contributed by atoms with E-state index in [2.05, 4.69) is 0 Å². The van der Waals surface area contributed by atoms with Gasteiger partial charge < -0.3 is 0 Å². The van der Waals surface area contributed by atoms with Gasteiger partial charge in [0.25, 0.3) is 0 Å². The Bertz CT molecular complexity index is 4.35. The van der Waals surface area contributed by atoms with Crippen LogP contribution in [0.3, 0.4) is 0 Å². The van der Waals surface area contributed by atoms with E-state index in [0.29, 0.717) is 0 Å². The van der Waals surface area contributed by atoms with Gasteiger partial charge in [0.15, 0.2) is 0 Å².